The number of ether oxygens (including phenoxy) is 1. The zero-order chi connectivity index (χ0) is 15.4. The highest BCUT2D eigenvalue weighted by atomic mass is 32.2. The third-order valence-corrected chi connectivity index (χ3v) is 5.73. The fourth-order valence-electron chi connectivity index (χ4n) is 3.17. The van der Waals surface area contributed by atoms with Crippen LogP contribution in [0.1, 0.15) is 30.2 Å². The van der Waals surface area contributed by atoms with Crippen molar-refractivity contribution in [3.05, 3.63) is 29.8 Å². The average molecular weight is 320 g/mol. The van der Waals surface area contributed by atoms with Crippen LogP contribution >= 0.6 is 11.8 Å². The van der Waals surface area contributed by atoms with Gasteiger partial charge in [0.05, 0.1) is 12.9 Å². The Morgan fingerprint density at radius 1 is 1.14 bits per heavy atom. The zero-order valence-corrected chi connectivity index (χ0v) is 14.0. The quantitative estimate of drug-likeness (QED) is 0.835. The number of rotatable bonds is 5. The highest BCUT2D eigenvalue weighted by Crippen LogP contribution is 2.38. The van der Waals surface area contributed by atoms with Gasteiger partial charge in [-0.15, -0.1) is 11.8 Å². The minimum absolute atomic E-state index is 0.156. The maximum absolute atomic E-state index is 12.2. The molecule has 2 aliphatic heterocycles. The molecule has 3 rings (SSSR count). The van der Waals surface area contributed by atoms with Crippen LogP contribution in [-0.2, 0) is 4.79 Å². The number of likely N-dealkylation sites (tertiary alicyclic amines) is 1. The third-order valence-electron chi connectivity index (χ3n) is 4.47. The number of carbonyl (C=O) groups is 1. The van der Waals surface area contributed by atoms with E-state index in [1.807, 2.05) is 17.0 Å². The van der Waals surface area contributed by atoms with Gasteiger partial charge in [0.25, 0.3) is 0 Å². The van der Waals surface area contributed by atoms with E-state index in [1.165, 1.54) is 37.9 Å². The molecule has 0 aliphatic carbocycles. The van der Waals surface area contributed by atoms with E-state index in [0.717, 1.165) is 18.8 Å². The summed E-state index contributed by atoms with van der Waals surface area (Å²) in [6, 6.07) is 8.09. The first-order chi connectivity index (χ1) is 10.8. The molecule has 2 heterocycles. The number of piperidine rings is 1. The lowest BCUT2D eigenvalue weighted by atomic mass is 10.1. The van der Waals surface area contributed by atoms with Gasteiger partial charge in [-0.2, -0.15) is 0 Å². The molecule has 1 aromatic rings. The molecule has 2 saturated heterocycles. The summed E-state index contributed by atoms with van der Waals surface area (Å²) in [4.78, 5) is 16.7. The van der Waals surface area contributed by atoms with Gasteiger partial charge >= 0.3 is 0 Å². The molecule has 1 amide bonds. The van der Waals surface area contributed by atoms with E-state index in [9.17, 15) is 4.79 Å². The smallest absolute Gasteiger partial charge is 0.233 e. The third kappa shape index (κ3) is 3.58. The van der Waals surface area contributed by atoms with Crippen molar-refractivity contribution in [3.8, 4) is 5.75 Å². The maximum atomic E-state index is 12.2. The molecule has 0 bridgehead atoms. The predicted octanol–water partition coefficient (Wildman–Crippen LogP) is 2.76. The number of nitrogens with zero attached hydrogens (tertiary/aromatic N) is 2. The number of methoxy groups -OCH3 is 1. The van der Waals surface area contributed by atoms with Gasteiger partial charge in [0, 0.05) is 13.1 Å². The highest BCUT2D eigenvalue weighted by molar-refractivity contribution is 8.00. The summed E-state index contributed by atoms with van der Waals surface area (Å²) in [5.41, 5.74) is 1.19. The molecule has 1 unspecified atom stereocenters. The molecule has 2 aliphatic rings. The van der Waals surface area contributed by atoms with E-state index in [1.54, 1.807) is 18.9 Å². The van der Waals surface area contributed by atoms with E-state index >= 15 is 0 Å². The monoisotopic (exact) mass is 320 g/mol. The van der Waals surface area contributed by atoms with Crippen LogP contribution in [0.25, 0.3) is 0 Å². The summed E-state index contributed by atoms with van der Waals surface area (Å²) < 4.78 is 5.21. The van der Waals surface area contributed by atoms with E-state index in [2.05, 4.69) is 17.0 Å². The Balaban J connectivity index is 1.63. The van der Waals surface area contributed by atoms with Crippen LogP contribution in [0.3, 0.4) is 0 Å². The van der Waals surface area contributed by atoms with Crippen molar-refractivity contribution in [1.29, 1.82) is 0 Å². The van der Waals surface area contributed by atoms with Gasteiger partial charge in [0.15, 0.2) is 0 Å². The Kier molecular flexibility index (Phi) is 5.26. The lowest BCUT2D eigenvalue weighted by Gasteiger charge is -2.30. The molecule has 4 nitrogen and oxygen atoms in total. The topological polar surface area (TPSA) is 32.8 Å². The first-order valence-electron chi connectivity index (χ1n) is 8.05. The fraction of sp³-hybridized carbons (Fsp3) is 0.588. The zero-order valence-electron chi connectivity index (χ0n) is 13.2. The van der Waals surface area contributed by atoms with Crippen LogP contribution in [0, 0.1) is 0 Å². The molecule has 0 N–H and O–H groups in total. The van der Waals surface area contributed by atoms with Crippen molar-refractivity contribution < 1.29 is 9.53 Å². The number of hydrogen-bond acceptors (Lipinski definition) is 4. The molecule has 0 spiro atoms. The summed E-state index contributed by atoms with van der Waals surface area (Å²) in [6.45, 7) is 4.20. The SMILES string of the molecule is COc1ccc(C2SCC(=O)N2CCN2CCCCC2)cc1. The summed E-state index contributed by atoms with van der Waals surface area (Å²) in [7, 11) is 1.67. The Hall–Kier alpha value is -1.20. The van der Waals surface area contributed by atoms with E-state index in [4.69, 9.17) is 4.74 Å². The molecule has 0 aromatic heterocycles. The number of carbonyl (C=O) groups excluding carboxylic acids is 1. The molecule has 0 saturated carbocycles. The van der Waals surface area contributed by atoms with E-state index in [-0.39, 0.29) is 11.3 Å². The minimum Gasteiger partial charge on any atom is -0.497 e. The molecule has 0 radical (unpaired) electrons. The second-order valence-corrected chi connectivity index (χ2v) is 6.99. The molecule has 5 heteroatoms. The number of hydrogen-bond donors (Lipinski definition) is 0. The fourth-order valence-corrected chi connectivity index (χ4v) is 4.39. The van der Waals surface area contributed by atoms with Crippen LogP contribution in [0.4, 0.5) is 0 Å². The number of thioether (sulfide) groups is 1. The van der Waals surface area contributed by atoms with Crippen molar-refractivity contribution in [2.75, 3.05) is 39.0 Å². The average Bonchev–Trinajstić information content (AvgIpc) is 2.95. The van der Waals surface area contributed by atoms with Gasteiger partial charge in [-0.05, 0) is 43.6 Å². The van der Waals surface area contributed by atoms with Crippen molar-refractivity contribution in [3.63, 3.8) is 0 Å². The Labute approximate surface area is 136 Å². The normalized spacial score (nSPS) is 23.0. The van der Waals surface area contributed by atoms with Crippen LogP contribution in [0.2, 0.25) is 0 Å². The molecule has 1 atom stereocenters. The standard InChI is InChI=1S/C17H24N2O2S/c1-21-15-7-5-14(6-8-15)17-19(16(20)13-22-17)12-11-18-9-3-2-4-10-18/h5-8,17H,2-4,9-13H2,1H3. The lowest BCUT2D eigenvalue weighted by molar-refractivity contribution is -0.128. The molecule has 1 aromatic carbocycles. The van der Waals surface area contributed by atoms with Crippen LogP contribution in [0.15, 0.2) is 24.3 Å². The highest BCUT2D eigenvalue weighted by Gasteiger charge is 2.32. The lowest BCUT2D eigenvalue weighted by Crippen LogP contribution is -2.39. The number of amides is 1. The van der Waals surface area contributed by atoms with Gasteiger partial charge in [-0.3, -0.25) is 4.79 Å². The van der Waals surface area contributed by atoms with Crippen LogP contribution < -0.4 is 4.74 Å². The Morgan fingerprint density at radius 3 is 2.55 bits per heavy atom. The van der Waals surface area contributed by atoms with Gasteiger partial charge < -0.3 is 14.5 Å². The largest absolute Gasteiger partial charge is 0.497 e. The predicted molar refractivity (Wildman–Crippen MR) is 90.2 cm³/mol. The van der Waals surface area contributed by atoms with Crippen LogP contribution in [-0.4, -0.2) is 54.7 Å². The summed E-state index contributed by atoms with van der Waals surface area (Å²) >= 11 is 1.73. The Morgan fingerprint density at radius 2 is 1.86 bits per heavy atom. The molecule has 22 heavy (non-hydrogen) atoms. The van der Waals surface area contributed by atoms with E-state index in [0.29, 0.717) is 5.75 Å². The van der Waals surface area contributed by atoms with E-state index < -0.39 is 0 Å². The second-order valence-electron chi connectivity index (χ2n) is 5.93. The first-order valence-corrected chi connectivity index (χ1v) is 9.10. The minimum atomic E-state index is 0.156. The molecular weight excluding hydrogens is 296 g/mol. The molecule has 120 valence electrons. The first kappa shape index (κ1) is 15.7. The summed E-state index contributed by atoms with van der Waals surface area (Å²) in [5.74, 6) is 1.72. The number of benzene rings is 1. The summed E-state index contributed by atoms with van der Waals surface area (Å²) in [5, 5.41) is 0.156. The summed E-state index contributed by atoms with van der Waals surface area (Å²) in [6.07, 6.45) is 3.94. The van der Waals surface area contributed by atoms with Crippen molar-refractivity contribution in [2.24, 2.45) is 0 Å². The van der Waals surface area contributed by atoms with Crippen molar-refractivity contribution >= 4 is 17.7 Å². The Bertz CT molecular complexity index is 500. The van der Waals surface area contributed by atoms with Gasteiger partial charge in [-0.25, -0.2) is 0 Å². The van der Waals surface area contributed by atoms with Crippen LogP contribution in [0.5, 0.6) is 5.75 Å². The maximum Gasteiger partial charge on any atom is 0.233 e. The van der Waals surface area contributed by atoms with Crippen molar-refractivity contribution in [1.82, 2.24) is 9.80 Å². The van der Waals surface area contributed by atoms with Crippen molar-refractivity contribution in [2.45, 2.75) is 24.6 Å². The van der Waals surface area contributed by atoms with Gasteiger partial charge in [0.2, 0.25) is 5.91 Å². The molecular formula is C17H24N2O2S. The molecule has 2 fully saturated rings. The van der Waals surface area contributed by atoms with Gasteiger partial charge in [-0.1, -0.05) is 18.6 Å². The van der Waals surface area contributed by atoms with Gasteiger partial charge in [0.1, 0.15) is 11.1 Å². The second kappa shape index (κ2) is 7.38.